The van der Waals surface area contributed by atoms with E-state index >= 15 is 0 Å². The molecule has 1 N–H and O–H groups in total. The zero-order chi connectivity index (χ0) is 10.2. The molecule has 0 radical (unpaired) electrons. The zero-order valence-corrected chi connectivity index (χ0v) is 8.23. The number of rotatable bonds is 3. The highest BCUT2D eigenvalue weighted by atomic mass is 16.5. The molecule has 0 aliphatic carbocycles. The van der Waals surface area contributed by atoms with Crippen molar-refractivity contribution in [3.8, 4) is 17.8 Å². The van der Waals surface area contributed by atoms with Crippen LogP contribution in [-0.2, 0) is 0 Å². The molecule has 1 unspecified atom stereocenters. The van der Waals surface area contributed by atoms with E-state index in [1.165, 1.54) is 0 Å². The van der Waals surface area contributed by atoms with Crippen molar-refractivity contribution in [2.45, 2.75) is 25.9 Å². The smallest absolute Gasteiger partial charge is 0.140 e. The van der Waals surface area contributed by atoms with Gasteiger partial charge in [-0.2, -0.15) is 0 Å². The molecule has 0 heterocycles. The van der Waals surface area contributed by atoms with Crippen molar-refractivity contribution >= 4 is 0 Å². The van der Waals surface area contributed by atoms with Gasteiger partial charge in [-0.25, -0.2) is 0 Å². The number of aliphatic hydroxyl groups is 1. The number of benzene rings is 1. The quantitative estimate of drug-likeness (QED) is 0.740. The van der Waals surface area contributed by atoms with Crippen molar-refractivity contribution in [3.63, 3.8) is 0 Å². The standard InChI is InChI=1S/C12H14O2/c1-2-6-11(13)9-10-14-12-7-4-3-5-8-12/h3-5,7-8,11,13H,2,6H2,1H3. The lowest BCUT2D eigenvalue weighted by atomic mass is 10.2. The van der Waals surface area contributed by atoms with Crippen molar-refractivity contribution < 1.29 is 9.84 Å². The van der Waals surface area contributed by atoms with Gasteiger partial charge in [0.15, 0.2) is 0 Å². The van der Waals surface area contributed by atoms with Crippen molar-refractivity contribution in [2.24, 2.45) is 0 Å². The minimum Gasteiger partial charge on any atom is -0.407 e. The van der Waals surface area contributed by atoms with Gasteiger partial charge in [-0.3, -0.25) is 0 Å². The molecule has 0 saturated carbocycles. The molecule has 1 rings (SSSR count). The first kappa shape index (κ1) is 10.6. The van der Waals surface area contributed by atoms with Crippen LogP contribution in [0.5, 0.6) is 5.75 Å². The maximum Gasteiger partial charge on any atom is 0.140 e. The Kier molecular flexibility index (Phi) is 4.60. The second-order valence-electron chi connectivity index (χ2n) is 2.97. The molecular weight excluding hydrogens is 176 g/mol. The molecule has 74 valence electrons. The van der Waals surface area contributed by atoms with E-state index in [1.54, 1.807) is 0 Å². The van der Waals surface area contributed by atoms with Gasteiger partial charge >= 0.3 is 0 Å². The number of aliphatic hydroxyl groups excluding tert-OH is 1. The minimum atomic E-state index is -0.580. The molecule has 1 atom stereocenters. The van der Waals surface area contributed by atoms with Crippen LogP contribution < -0.4 is 4.74 Å². The van der Waals surface area contributed by atoms with Crippen LogP contribution in [-0.4, -0.2) is 11.2 Å². The van der Waals surface area contributed by atoms with Gasteiger partial charge < -0.3 is 9.84 Å². The Morgan fingerprint density at radius 1 is 1.36 bits per heavy atom. The third-order valence-corrected chi connectivity index (χ3v) is 1.70. The Balaban J connectivity index is 2.40. The summed E-state index contributed by atoms with van der Waals surface area (Å²) in [6, 6.07) is 9.30. The first-order valence-electron chi connectivity index (χ1n) is 4.73. The van der Waals surface area contributed by atoms with Gasteiger partial charge in [0, 0.05) is 0 Å². The Bertz CT molecular complexity index is 308. The molecule has 2 heteroatoms. The van der Waals surface area contributed by atoms with Crippen LogP contribution >= 0.6 is 0 Å². The van der Waals surface area contributed by atoms with Crippen molar-refractivity contribution in [2.75, 3.05) is 0 Å². The van der Waals surface area contributed by atoms with Crippen LogP contribution in [0.3, 0.4) is 0 Å². The summed E-state index contributed by atoms with van der Waals surface area (Å²) >= 11 is 0. The molecule has 0 bridgehead atoms. The highest BCUT2D eigenvalue weighted by Gasteiger charge is 1.95. The summed E-state index contributed by atoms with van der Waals surface area (Å²) in [6.07, 6.45) is 3.51. The lowest BCUT2D eigenvalue weighted by molar-refractivity contribution is 0.220. The molecule has 14 heavy (non-hydrogen) atoms. The molecule has 1 aromatic carbocycles. The maximum absolute atomic E-state index is 9.27. The Hall–Kier alpha value is -1.46. The van der Waals surface area contributed by atoms with E-state index in [-0.39, 0.29) is 0 Å². The monoisotopic (exact) mass is 190 g/mol. The molecule has 2 nitrogen and oxygen atoms in total. The Morgan fingerprint density at radius 3 is 2.71 bits per heavy atom. The summed E-state index contributed by atoms with van der Waals surface area (Å²) in [5.74, 6) is 3.31. The highest BCUT2D eigenvalue weighted by molar-refractivity contribution is 5.23. The average molecular weight is 190 g/mol. The van der Waals surface area contributed by atoms with Crippen molar-refractivity contribution in [3.05, 3.63) is 30.3 Å². The lowest BCUT2D eigenvalue weighted by Crippen LogP contribution is -2.01. The van der Waals surface area contributed by atoms with E-state index in [0.717, 1.165) is 6.42 Å². The van der Waals surface area contributed by atoms with Gasteiger partial charge in [-0.05, 0) is 24.5 Å². The predicted molar refractivity (Wildman–Crippen MR) is 55.8 cm³/mol. The van der Waals surface area contributed by atoms with E-state index in [4.69, 9.17) is 4.74 Å². The summed E-state index contributed by atoms with van der Waals surface area (Å²) in [7, 11) is 0. The molecule has 1 aromatic rings. The molecule has 0 fully saturated rings. The van der Waals surface area contributed by atoms with E-state index in [9.17, 15) is 5.11 Å². The molecule has 0 saturated heterocycles. The fraction of sp³-hybridized carbons (Fsp3) is 0.333. The summed E-state index contributed by atoms with van der Waals surface area (Å²) in [4.78, 5) is 0. The number of hydrogen-bond donors (Lipinski definition) is 1. The van der Waals surface area contributed by atoms with Gasteiger partial charge in [-0.1, -0.05) is 31.5 Å². The fourth-order valence-corrected chi connectivity index (χ4v) is 0.991. The van der Waals surface area contributed by atoms with Gasteiger partial charge in [0.1, 0.15) is 18.0 Å². The van der Waals surface area contributed by atoms with Gasteiger partial charge in [0.25, 0.3) is 0 Å². The second-order valence-corrected chi connectivity index (χ2v) is 2.97. The predicted octanol–water partition coefficient (Wildman–Crippen LogP) is 2.19. The van der Waals surface area contributed by atoms with Crippen LogP contribution in [0.4, 0.5) is 0 Å². The first-order chi connectivity index (χ1) is 6.83. The van der Waals surface area contributed by atoms with Crippen LogP contribution in [0.25, 0.3) is 0 Å². The third-order valence-electron chi connectivity index (χ3n) is 1.70. The molecule has 0 amide bonds. The largest absolute Gasteiger partial charge is 0.407 e. The average Bonchev–Trinajstić information content (AvgIpc) is 2.20. The highest BCUT2D eigenvalue weighted by Crippen LogP contribution is 2.07. The summed E-state index contributed by atoms with van der Waals surface area (Å²) < 4.78 is 5.10. The second kappa shape index (κ2) is 6.06. The third kappa shape index (κ3) is 3.97. The number of ether oxygens (including phenoxy) is 1. The van der Waals surface area contributed by atoms with Crippen molar-refractivity contribution in [1.82, 2.24) is 0 Å². The molecule has 0 aliphatic heterocycles. The van der Waals surface area contributed by atoms with Crippen LogP contribution in [0.2, 0.25) is 0 Å². The maximum atomic E-state index is 9.27. The van der Waals surface area contributed by atoms with E-state index in [0.29, 0.717) is 12.2 Å². The van der Waals surface area contributed by atoms with Crippen LogP contribution in [0, 0.1) is 12.0 Å². The van der Waals surface area contributed by atoms with Crippen LogP contribution in [0.1, 0.15) is 19.8 Å². The Morgan fingerprint density at radius 2 is 2.07 bits per heavy atom. The minimum absolute atomic E-state index is 0.580. The Labute approximate surface area is 84.5 Å². The lowest BCUT2D eigenvalue weighted by Gasteiger charge is -1.98. The van der Waals surface area contributed by atoms with Gasteiger partial charge in [0.2, 0.25) is 0 Å². The fourth-order valence-electron chi connectivity index (χ4n) is 0.991. The topological polar surface area (TPSA) is 29.5 Å². The molecule has 0 aromatic heterocycles. The van der Waals surface area contributed by atoms with Gasteiger partial charge in [-0.15, -0.1) is 0 Å². The summed E-state index contributed by atoms with van der Waals surface area (Å²) in [5.41, 5.74) is 0. The summed E-state index contributed by atoms with van der Waals surface area (Å²) in [5, 5.41) is 9.27. The number of hydrogen-bond acceptors (Lipinski definition) is 2. The van der Waals surface area contributed by atoms with Crippen LogP contribution in [0.15, 0.2) is 30.3 Å². The molecular formula is C12H14O2. The van der Waals surface area contributed by atoms with E-state index in [2.05, 4.69) is 12.0 Å². The SMILES string of the molecule is CCCC(O)C#COc1ccccc1. The van der Waals surface area contributed by atoms with E-state index in [1.807, 2.05) is 37.3 Å². The van der Waals surface area contributed by atoms with Gasteiger partial charge in [0.05, 0.1) is 0 Å². The molecule has 0 spiro atoms. The number of para-hydroxylation sites is 1. The summed E-state index contributed by atoms with van der Waals surface area (Å²) in [6.45, 7) is 2.00. The van der Waals surface area contributed by atoms with E-state index < -0.39 is 6.10 Å². The zero-order valence-electron chi connectivity index (χ0n) is 8.23. The normalized spacial score (nSPS) is 11.3. The first-order valence-corrected chi connectivity index (χ1v) is 4.73. The van der Waals surface area contributed by atoms with Crippen molar-refractivity contribution in [1.29, 1.82) is 0 Å². The molecule has 0 aliphatic rings.